The Kier molecular flexibility index (Phi) is 6.07. The van der Waals surface area contributed by atoms with Crippen LogP contribution in [0.2, 0.25) is 0 Å². The zero-order valence-corrected chi connectivity index (χ0v) is 17.3. The Labute approximate surface area is 177 Å². The molecule has 1 aliphatic rings. The van der Waals surface area contributed by atoms with E-state index in [0.29, 0.717) is 13.0 Å². The molecule has 0 radical (unpaired) electrons. The van der Waals surface area contributed by atoms with Gasteiger partial charge in [-0.1, -0.05) is 36.4 Å². The summed E-state index contributed by atoms with van der Waals surface area (Å²) in [6, 6.07) is 17.1. The van der Waals surface area contributed by atoms with E-state index in [4.69, 9.17) is 10.4 Å². The van der Waals surface area contributed by atoms with E-state index >= 15 is 0 Å². The van der Waals surface area contributed by atoms with Crippen molar-refractivity contribution < 1.29 is 4.79 Å². The minimum absolute atomic E-state index is 0.0604. The molecule has 3 aromatic rings. The maximum atomic E-state index is 12.1. The Hall–Kier alpha value is -3.21. The molecule has 1 fully saturated rings. The first-order valence-electron chi connectivity index (χ1n) is 10.7. The van der Waals surface area contributed by atoms with Crippen molar-refractivity contribution in [3.05, 3.63) is 60.3 Å². The number of aromatic amines is 1. The Morgan fingerprint density at radius 3 is 2.73 bits per heavy atom. The van der Waals surface area contributed by atoms with E-state index in [1.54, 1.807) is 0 Å². The second kappa shape index (κ2) is 9.08. The quantitative estimate of drug-likeness (QED) is 0.481. The van der Waals surface area contributed by atoms with Crippen molar-refractivity contribution in [2.45, 2.75) is 38.6 Å². The first-order chi connectivity index (χ1) is 14.7. The number of H-pyrrole nitrogens is 1. The topological polar surface area (TPSA) is 81.1 Å². The summed E-state index contributed by atoms with van der Waals surface area (Å²) >= 11 is 0. The third kappa shape index (κ3) is 4.35. The van der Waals surface area contributed by atoms with E-state index in [1.807, 2.05) is 13.1 Å². The number of aromatic nitrogens is 1. The molecule has 1 aromatic heterocycles. The fourth-order valence-electron chi connectivity index (χ4n) is 4.28. The highest BCUT2D eigenvalue weighted by atomic mass is 16.1. The third-order valence-corrected chi connectivity index (χ3v) is 5.87. The molecule has 1 amide bonds. The van der Waals surface area contributed by atoms with E-state index in [0.717, 1.165) is 41.6 Å². The number of nitrogens with one attached hydrogen (secondary N) is 3. The molecule has 2 unspecified atom stereocenters. The normalized spacial score (nSPS) is 19.2. The third-order valence-electron chi connectivity index (χ3n) is 5.87. The van der Waals surface area contributed by atoms with Crippen LogP contribution in [0.5, 0.6) is 0 Å². The van der Waals surface area contributed by atoms with Gasteiger partial charge in [0, 0.05) is 42.5 Å². The smallest absolute Gasteiger partial charge is 0.223 e. The van der Waals surface area contributed by atoms with Crippen LogP contribution < -0.4 is 5.32 Å². The van der Waals surface area contributed by atoms with Crippen LogP contribution in [0, 0.1) is 11.3 Å². The van der Waals surface area contributed by atoms with Crippen molar-refractivity contribution in [3.8, 4) is 11.1 Å². The van der Waals surface area contributed by atoms with Crippen LogP contribution in [0.1, 0.15) is 38.2 Å². The van der Waals surface area contributed by atoms with E-state index in [1.165, 1.54) is 17.2 Å². The summed E-state index contributed by atoms with van der Waals surface area (Å²) in [6.07, 6.45) is 6.48. The Morgan fingerprint density at radius 1 is 1.17 bits per heavy atom. The highest BCUT2D eigenvalue weighted by molar-refractivity contribution is 6.07. The fraction of sp³-hybridized carbons (Fsp3) is 0.320. The molecular formula is C25H28N4O. The lowest BCUT2D eigenvalue weighted by atomic mass is 10.00. The summed E-state index contributed by atoms with van der Waals surface area (Å²) < 4.78 is 0. The number of carbonyl (C=O) groups excluding carboxylic acids is 1. The Morgan fingerprint density at radius 2 is 1.97 bits per heavy atom. The lowest BCUT2D eigenvalue weighted by molar-refractivity contribution is -0.124. The number of aliphatic imine (C=N–C) groups is 1. The second-order valence-electron chi connectivity index (χ2n) is 7.90. The van der Waals surface area contributed by atoms with Gasteiger partial charge in [0.15, 0.2) is 0 Å². The molecule has 2 aromatic carbocycles. The minimum atomic E-state index is 0.0604. The molecule has 4 rings (SSSR count). The number of benzene rings is 2. The molecule has 1 saturated carbocycles. The van der Waals surface area contributed by atoms with E-state index in [-0.39, 0.29) is 17.9 Å². The number of hydrogen-bond acceptors (Lipinski definition) is 3. The van der Waals surface area contributed by atoms with Gasteiger partial charge in [-0.2, -0.15) is 0 Å². The van der Waals surface area contributed by atoms with Crippen molar-refractivity contribution in [2.75, 3.05) is 6.54 Å². The molecule has 3 N–H and O–H groups in total. The molecule has 0 aliphatic heterocycles. The number of fused-ring (bicyclic) bond motifs is 1. The SMILES string of the molecule is CCNC(=O)C1CCC(N=C(CC=N)c2ccc(-c3ccc4cc[nH]c4c3)cc2)C1. The van der Waals surface area contributed by atoms with E-state index in [2.05, 4.69) is 58.8 Å². The minimum Gasteiger partial charge on any atom is -0.361 e. The number of hydrogen-bond donors (Lipinski definition) is 3. The van der Waals surface area contributed by atoms with E-state index < -0.39 is 0 Å². The molecule has 0 bridgehead atoms. The summed E-state index contributed by atoms with van der Waals surface area (Å²) in [5.41, 5.74) is 5.43. The molecule has 5 heteroatoms. The summed E-state index contributed by atoms with van der Waals surface area (Å²) in [6.45, 7) is 2.62. The number of carbonyl (C=O) groups is 1. The zero-order chi connectivity index (χ0) is 20.9. The van der Waals surface area contributed by atoms with Crippen LogP contribution in [-0.4, -0.2) is 35.4 Å². The van der Waals surface area contributed by atoms with Gasteiger partial charge in [0.1, 0.15) is 0 Å². The van der Waals surface area contributed by atoms with Gasteiger partial charge in [-0.3, -0.25) is 9.79 Å². The highest BCUT2D eigenvalue weighted by Gasteiger charge is 2.29. The summed E-state index contributed by atoms with van der Waals surface area (Å²) in [4.78, 5) is 20.3. The Balaban J connectivity index is 1.52. The standard InChI is InChI=1S/C25H28N4O/c1-2-27-25(30)21-9-10-22(15-21)29-23(11-13-26)18-5-3-17(4-6-18)20-8-7-19-12-14-28-24(19)16-20/h3-8,12-14,16,21-22,26,28H,2,9-11,15H2,1H3,(H,27,30). The summed E-state index contributed by atoms with van der Waals surface area (Å²) in [5.74, 6) is 0.206. The molecular weight excluding hydrogens is 372 g/mol. The average molecular weight is 401 g/mol. The molecule has 0 spiro atoms. The van der Waals surface area contributed by atoms with Crippen molar-refractivity contribution in [1.82, 2.24) is 10.3 Å². The number of rotatable bonds is 7. The van der Waals surface area contributed by atoms with Gasteiger partial charge in [-0.25, -0.2) is 0 Å². The average Bonchev–Trinajstić information content (AvgIpc) is 3.43. The fourth-order valence-corrected chi connectivity index (χ4v) is 4.28. The number of nitrogens with zero attached hydrogens (tertiary/aromatic N) is 1. The van der Waals surface area contributed by atoms with Crippen LogP contribution in [0.25, 0.3) is 22.0 Å². The van der Waals surface area contributed by atoms with Gasteiger partial charge in [0.2, 0.25) is 5.91 Å². The monoisotopic (exact) mass is 400 g/mol. The molecule has 30 heavy (non-hydrogen) atoms. The van der Waals surface area contributed by atoms with Crippen molar-refractivity contribution in [2.24, 2.45) is 10.9 Å². The van der Waals surface area contributed by atoms with Crippen LogP contribution >= 0.6 is 0 Å². The van der Waals surface area contributed by atoms with Crippen molar-refractivity contribution in [1.29, 1.82) is 5.41 Å². The molecule has 154 valence electrons. The number of amides is 1. The van der Waals surface area contributed by atoms with Crippen LogP contribution in [0.4, 0.5) is 0 Å². The van der Waals surface area contributed by atoms with Crippen LogP contribution in [0.15, 0.2) is 59.7 Å². The van der Waals surface area contributed by atoms with Gasteiger partial charge < -0.3 is 15.7 Å². The second-order valence-corrected chi connectivity index (χ2v) is 7.90. The van der Waals surface area contributed by atoms with Gasteiger partial charge in [-0.05, 0) is 60.4 Å². The molecule has 0 saturated heterocycles. The van der Waals surface area contributed by atoms with Gasteiger partial charge in [-0.15, -0.1) is 0 Å². The maximum Gasteiger partial charge on any atom is 0.223 e. The predicted octanol–water partition coefficient (Wildman–Crippen LogP) is 4.97. The van der Waals surface area contributed by atoms with Gasteiger partial charge >= 0.3 is 0 Å². The first kappa shape index (κ1) is 20.1. The lowest BCUT2D eigenvalue weighted by Gasteiger charge is -2.11. The van der Waals surface area contributed by atoms with Crippen molar-refractivity contribution in [3.63, 3.8) is 0 Å². The largest absolute Gasteiger partial charge is 0.361 e. The van der Waals surface area contributed by atoms with Gasteiger partial charge in [0.25, 0.3) is 0 Å². The van der Waals surface area contributed by atoms with E-state index in [9.17, 15) is 4.79 Å². The maximum absolute atomic E-state index is 12.1. The van der Waals surface area contributed by atoms with Gasteiger partial charge in [0.05, 0.1) is 6.04 Å². The Bertz CT molecular complexity index is 1060. The van der Waals surface area contributed by atoms with Crippen LogP contribution in [-0.2, 0) is 4.79 Å². The van der Waals surface area contributed by atoms with Crippen molar-refractivity contribution >= 4 is 28.7 Å². The first-order valence-corrected chi connectivity index (χ1v) is 10.7. The molecule has 1 aliphatic carbocycles. The van der Waals surface area contributed by atoms with Crippen LogP contribution in [0.3, 0.4) is 0 Å². The summed E-state index contributed by atoms with van der Waals surface area (Å²) in [7, 11) is 0. The molecule has 1 heterocycles. The highest BCUT2D eigenvalue weighted by Crippen LogP contribution is 2.29. The summed E-state index contributed by atoms with van der Waals surface area (Å²) in [5, 5.41) is 11.7. The zero-order valence-electron chi connectivity index (χ0n) is 17.3. The lowest BCUT2D eigenvalue weighted by Crippen LogP contribution is -2.29. The predicted molar refractivity (Wildman–Crippen MR) is 123 cm³/mol. The molecule has 2 atom stereocenters. The molecule has 5 nitrogen and oxygen atoms in total.